The lowest BCUT2D eigenvalue weighted by molar-refractivity contribution is -0.177. The Morgan fingerprint density at radius 3 is 1.64 bits per heavy atom. The highest BCUT2D eigenvalue weighted by molar-refractivity contribution is 6.30. The minimum Gasteiger partial charge on any atom is -0.492 e. The van der Waals surface area contributed by atoms with E-state index in [0.717, 1.165) is 48.7 Å². The number of carbonyl (C=O) groups is 6. The predicted octanol–water partition coefficient (Wildman–Crippen LogP) is 8.98. The number of methoxy groups -OCH3 is 2. The van der Waals surface area contributed by atoms with Crippen molar-refractivity contribution in [1.82, 2.24) is 0 Å². The second-order valence-electron chi connectivity index (χ2n) is 17.6. The van der Waals surface area contributed by atoms with Crippen molar-refractivity contribution in [3.05, 3.63) is 77.9 Å². The summed E-state index contributed by atoms with van der Waals surface area (Å²) in [7, 11) is 2.00. The zero-order chi connectivity index (χ0) is 46.6. The highest BCUT2D eigenvalue weighted by Crippen LogP contribution is 2.45. The quantitative estimate of drug-likeness (QED) is 0.0362. The maximum Gasteiger partial charge on any atom is 0.417 e. The minimum atomic E-state index is -1.66. The van der Waals surface area contributed by atoms with Crippen LogP contribution in [0.25, 0.3) is 11.1 Å². The largest absolute Gasteiger partial charge is 0.492 e. The number of unbranched alkanes of at least 4 members (excludes halogenated alkanes) is 2. The van der Waals surface area contributed by atoms with Crippen molar-refractivity contribution in [3.63, 3.8) is 0 Å². The molecule has 13 nitrogen and oxygen atoms in total. The number of rotatable bonds is 22. The summed E-state index contributed by atoms with van der Waals surface area (Å²) in [5.41, 5.74) is 2.68. The molecule has 0 saturated heterocycles. The third-order valence-corrected chi connectivity index (χ3v) is 12.6. The van der Waals surface area contributed by atoms with Gasteiger partial charge in [-0.2, -0.15) is 0 Å². The van der Waals surface area contributed by atoms with Crippen LogP contribution >= 0.6 is 0 Å². The smallest absolute Gasteiger partial charge is 0.417 e. The lowest BCUT2D eigenvalue weighted by Gasteiger charge is -2.38. The molecular weight excluding hydrogens is 821 g/mol. The van der Waals surface area contributed by atoms with Gasteiger partial charge in [-0.25, -0.2) is 28.8 Å². The lowest BCUT2D eigenvalue weighted by Crippen LogP contribution is -2.45. The molecule has 0 amide bonds. The van der Waals surface area contributed by atoms with Crippen LogP contribution < -0.4 is 4.74 Å². The van der Waals surface area contributed by atoms with Crippen molar-refractivity contribution in [3.8, 4) is 16.9 Å². The molecule has 0 spiro atoms. The molecule has 2 aromatic carbocycles. The number of aryl methyl sites for hydroxylation is 1. The third-order valence-electron chi connectivity index (χ3n) is 12.6. The Morgan fingerprint density at radius 2 is 1.11 bits per heavy atom. The first-order chi connectivity index (χ1) is 30.7. The van der Waals surface area contributed by atoms with Crippen LogP contribution in [0.4, 0.5) is 0 Å². The van der Waals surface area contributed by atoms with Gasteiger partial charge in [0.05, 0.1) is 20.8 Å². The molecule has 0 radical (unpaired) electrons. The monoisotopic (exact) mass is 888 g/mol. The van der Waals surface area contributed by atoms with Gasteiger partial charge in [0.25, 0.3) is 0 Å². The molecule has 2 saturated carbocycles. The SMILES string of the molecule is C=C(C)C(=O)OCCCc1cc(-c2ccc(C3CCC(C4CCC(CCCCC)CC4)CC3)cc2)ccc1OCC(COC(=O)C(=C)C)(COC(=O)C(=O)OC)COC(=O)C(=O)OC. The molecule has 2 aliphatic carbocycles. The van der Waals surface area contributed by atoms with Crippen molar-refractivity contribution in [2.45, 2.75) is 117 Å². The van der Waals surface area contributed by atoms with Gasteiger partial charge in [-0.05, 0) is 123 Å². The van der Waals surface area contributed by atoms with Crippen molar-refractivity contribution in [2.24, 2.45) is 23.2 Å². The van der Waals surface area contributed by atoms with Gasteiger partial charge in [-0.3, -0.25) is 0 Å². The highest BCUT2D eigenvalue weighted by atomic mass is 16.6. The molecule has 0 unspecified atom stereocenters. The Hall–Kier alpha value is -5.46. The van der Waals surface area contributed by atoms with E-state index in [4.69, 9.17) is 23.7 Å². The fourth-order valence-electron chi connectivity index (χ4n) is 8.69. The molecule has 64 heavy (non-hydrogen) atoms. The summed E-state index contributed by atoms with van der Waals surface area (Å²) >= 11 is 0. The Labute approximate surface area is 378 Å². The summed E-state index contributed by atoms with van der Waals surface area (Å²) in [5.74, 6) is -3.06. The number of esters is 6. The molecule has 0 aromatic heterocycles. The van der Waals surface area contributed by atoms with Crippen LogP contribution in [0.15, 0.2) is 66.8 Å². The van der Waals surface area contributed by atoms with E-state index in [9.17, 15) is 28.8 Å². The molecule has 2 aliphatic rings. The van der Waals surface area contributed by atoms with Crippen molar-refractivity contribution >= 4 is 35.8 Å². The van der Waals surface area contributed by atoms with Crippen molar-refractivity contribution in [2.75, 3.05) is 47.3 Å². The molecule has 4 rings (SSSR count). The zero-order valence-electron chi connectivity index (χ0n) is 38.5. The first kappa shape index (κ1) is 51.2. The molecule has 0 heterocycles. The first-order valence-electron chi connectivity index (χ1n) is 22.7. The molecule has 0 atom stereocenters. The van der Waals surface area contributed by atoms with E-state index in [2.05, 4.69) is 53.8 Å². The zero-order valence-corrected chi connectivity index (χ0v) is 38.5. The van der Waals surface area contributed by atoms with Gasteiger partial charge in [-0.1, -0.05) is 88.9 Å². The van der Waals surface area contributed by atoms with Crippen LogP contribution in [0.3, 0.4) is 0 Å². The maximum absolute atomic E-state index is 12.6. The molecule has 0 bridgehead atoms. The van der Waals surface area contributed by atoms with Gasteiger partial charge in [0, 0.05) is 11.1 Å². The Morgan fingerprint density at radius 1 is 0.594 bits per heavy atom. The predicted molar refractivity (Wildman–Crippen MR) is 240 cm³/mol. The summed E-state index contributed by atoms with van der Waals surface area (Å²) < 4.78 is 36.5. The fourth-order valence-corrected chi connectivity index (χ4v) is 8.69. The molecular formula is C51H68O13. The summed E-state index contributed by atoms with van der Waals surface area (Å²) in [6.07, 6.45) is 16.9. The molecule has 13 heteroatoms. The normalized spacial score (nSPS) is 18.5. The van der Waals surface area contributed by atoms with Crippen LogP contribution in [0.5, 0.6) is 5.75 Å². The van der Waals surface area contributed by atoms with Gasteiger partial charge < -0.3 is 33.2 Å². The number of benzene rings is 2. The van der Waals surface area contributed by atoms with E-state index in [-0.39, 0.29) is 17.8 Å². The maximum atomic E-state index is 12.6. The van der Waals surface area contributed by atoms with Crippen LogP contribution in [-0.2, 0) is 63.6 Å². The minimum absolute atomic E-state index is 0.0548. The van der Waals surface area contributed by atoms with Crippen LogP contribution in [0.2, 0.25) is 0 Å². The van der Waals surface area contributed by atoms with E-state index in [1.807, 2.05) is 12.1 Å². The molecule has 2 aromatic rings. The summed E-state index contributed by atoms with van der Waals surface area (Å²) in [4.78, 5) is 73.5. The fraction of sp³-hybridized carbons (Fsp3) is 0.569. The molecule has 350 valence electrons. The number of ether oxygens (including phenoxy) is 7. The average Bonchev–Trinajstić information content (AvgIpc) is 3.31. The van der Waals surface area contributed by atoms with Gasteiger partial charge >= 0.3 is 35.8 Å². The summed E-state index contributed by atoms with van der Waals surface area (Å²) in [6.45, 7) is 10.3. The van der Waals surface area contributed by atoms with Crippen LogP contribution in [0, 0.1) is 23.2 Å². The van der Waals surface area contributed by atoms with Crippen molar-refractivity contribution < 1.29 is 61.9 Å². The summed E-state index contributed by atoms with van der Waals surface area (Å²) in [5, 5.41) is 0. The topological polar surface area (TPSA) is 167 Å². The molecule has 2 fully saturated rings. The Kier molecular flexibility index (Phi) is 20.6. The van der Waals surface area contributed by atoms with Gasteiger partial charge in [-0.15, -0.1) is 0 Å². The van der Waals surface area contributed by atoms with E-state index < -0.39 is 67.7 Å². The third kappa shape index (κ3) is 15.7. The van der Waals surface area contributed by atoms with Crippen molar-refractivity contribution in [1.29, 1.82) is 0 Å². The van der Waals surface area contributed by atoms with E-state index >= 15 is 0 Å². The van der Waals surface area contributed by atoms with Gasteiger partial charge in [0.15, 0.2) is 0 Å². The second kappa shape index (κ2) is 25.7. The van der Waals surface area contributed by atoms with Gasteiger partial charge in [0.1, 0.15) is 37.6 Å². The second-order valence-corrected chi connectivity index (χ2v) is 17.6. The first-order valence-corrected chi connectivity index (χ1v) is 22.7. The van der Waals surface area contributed by atoms with Crippen LogP contribution in [0.1, 0.15) is 121 Å². The molecule has 0 N–H and O–H groups in total. The number of hydrogen-bond donors (Lipinski definition) is 0. The van der Waals surface area contributed by atoms with Gasteiger partial charge in [0.2, 0.25) is 0 Å². The number of carbonyl (C=O) groups excluding carboxylic acids is 6. The number of hydrogen-bond acceptors (Lipinski definition) is 13. The summed E-state index contributed by atoms with van der Waals surface area (Å²) in [6, 6.07) is 14.4. The van der Waals surface area contributed by atoms with E-state index in [1.165, 1.54) is 89.5 Å². The Bertz CT molecular complexity index is 1880. The van der Waals surface area contributed by atoms with Crippen LogP contribution in [-0.4, -0.2) is 83.1 Å². The average molecular weight is 889 g/mol. The van der Waals surface area contributed by atoms with E-state index in [1.54, 1.807) is 13.0 Å². The lowest BCUT2D eigenvalue weighted by atomic mass is 9.68. The molecule has 0 aliphatic heterocycles. The standard InChI is InChI=1S/C51H68O13/c1-8-9-10-12-36-14-16-37(17-15-36)38-18-20-39(21-19-38)40-22-24-41(25-23-40)42-26-27-44(43(29-42)13-11-28-60-45(52)34(2)3)61-30-51(31-62-46(53)35(4)5,32-63-49(56)47(54)58-6)33-64-50(57)48(55)59-7/h22-27,29,36-39H,2,4,8-21,28,30-33H2,1,3,5-7H3. The Balaban J connectivity index is 1.53. The highest BCUT2D eigenvalue weighted by Gasteiger charge is 2.39. The van der Waals surface area contributed by atoms with E-state index in [0.29, 0.717) is 24.5 Å².